The van der Waals surface area contributed by atoms with E-state index in [2.05, 4.69) is 26.3 Å². The monoisotopic (exact) mass is 355 g/mol. The summed E-state index contributed by atoms with van der Waals surface area (Å²) in [6, 6.07) is 7.68. The summed E-state index contributed by atoms with van der Waals surface area (Å²) >= 11 is 4.73. The van der Waals surface area contributed by atoms with Crippen LogP contribution in [0, 0.1) is 0 Å². The van der Waals surface area contributed by atoms with E-state index in [9.17, 15) is 9.59 Å². The molecule has 0 aromatic heterocycles. The maximum absolute atomic E-state index is 11.8. The summed E-state index contributed by atoms with van der Waals surface area (Å²) in [7, 11) is 0. The molecule has 7 heteroatoms. The van der Waals surface area contributed by atoms with Crippen LogP contribution in [0.1, 0.15) is 26.3 Å². The fraction of sp³-hybridized carbons (Fsp3) is 0.308. The molecule has 2 rings (SSSR count). The van der Waals surface area contributed by atoms with E-state index in [-0.39, 0.29) is 11.8 Å². The number of nitrogens with one attached hydrogen (secondary N) is 1. The van der Waals surface area contributed by atoms with Crippen LogP contribution in [0.3, 0.4) is 0 Å². The summed E-state index contributed by atoms with van der Waals surface area (Å²) in [5.74, 6) is -0.386. The van der Waals surface area contributed by atoms with Crippen LogP contribution in [0.15, 0.2) is 33.8 Å². The molecular weight excluding hydrogens is 342 g/mol. The van der Waals surface area contributed by atoms with Crippen molar-refractivity contribution < 1.29 is 9.59 Å². The molecule has 1 heterocycles. The maximum Gasteiger partial charge on any atom is 0.241 e. The molecule has 5 nitrogen and oxygen atoms in total. The van der Waals surface area contributed by atoms with Crippen molar-refractivity contribution in [3.8, 4) is 0 Å². The van der Waals surface area contributed by atoms with E-state index in [4.69, 9.17) is 0 Å². The first-order valence-corrected chi connectivity index (χ1v) is 7.56. The normalized spacial score (nSPS) is 21.6. The molecule has 0 radical (unpaired) electrons. The third-order valence-electron chi connectivity index (χ3n) is 2.85. The summed E-state index contributed by atoms with van der Waals surface area (Å²) in [4.78, 5) is 22.3. The van der Waals surface area contributed by atoms with Gasteiger partial charge >= 0.3 is 0 Å². The van der Waals surface area contributed by atoms with Crippen LogP contribution in [-0.2, 0) is 14.5 Å². The molecule has 1 aromatic carbocycles. The van der Waals surface area contributed by atoms with Gasteiger partial charge in [-0.15, -0.1) is 5.10 Å². The Labute approximate surface area is 129 Å². The number of carbonyl (C=O) groups excluding carboxylic acids is 2. The van der Waals surface area contributed by atoms with Crippen molar-refractivity contribution in [2.45, 2.75) is 25.6 Å². The average Bonchev–Trinajstić information content (AvgIpc) is 2.67. The van der Waals surface area contributed by atoms with Crippen molar-refractivity contribution in [1.82, 2.24) is 10.3 Å². The zero-order valence-corrected chi connectivity index (χ0v) is 13.7. The van der Waals surface area contributed by atoms with Gasteiger partial charge in [0.25, 0.3) is 0 Å². The highest BCUT2D eigenvalue weighted by Crippen LogP contribution is 2.45. The first-order chi connectivity index (χ1) is 9.33. The van der Waals surface area contributed by atoms with Crippen LogP contribution in [0.25, 0.3) is 0 Å². The third kappa shape index (κ3) is 2.88. The van der Waals surface area contributed by atoms with E-state index in [1.165, 1.54) is 30.6 Å². The largest absolute Gasteiger partial charge is 0.304 e. The summed E-state index contributed by atoms with van der Waals surface area (Å²) in [5, 5.41) is 8.66. The molecule has 0 aliphatic carbocycles. The number of thioether (sulfide) groups is 1. The number of rotatable bonds is 1. The SMILES string of the molecule is CC(=O)NC1=NN(C(C)=O)[C@](C)(c2ccc(Br)cc2)S1. The number of amidine groups is 1. The highest BCUT2D eigenvalue weighted by atomic mass is 79.9. The number of hydrogen-bond donors (Lipinski definition) is 1. The summed E-state index contributed by atoms with van der Waals surface area (Å²) in [6.45, 7) is 4.77. The Morgan fingerprint density at radius 2 is 1.90 bits per heavy atom. The lowest BCUT2D eigenvalue weighted by molar-refractivity contribution is -0.131. The molecule has 0 saturated heterocycles. The average molecular weight is 356 g/mol. The van der Waals surface area contributed by atoms with E-state index in [1.807, 2.05) is 31.2 Å². The molecule has 1 aliphatic heterocycles. The standard InChI is InChI=1S/C13H14BrN3O2S/c1-8(18)15-12-16-17(9(2)19)13(3,20-12)10-4-6-11(14)7-5-10/h4-7H,1-3H3,(H,15,16,18)/t13-/m0/s1. The molecular formula is C13H14BrN3O2S. The molecule has 106 valence electrons. The molecule has 1 aromatic rings. The summed E-state index contributed by atoms with van der Waals surface area (Å²) in [5.41, 5.74) is 0.935. The second-order valence-electron chi connectivity index (χ2n) is 4.51. The maximum atomic E-state index is 11.8. The second kappa shape index (κ2) is 5.57. The predicted octanol–water partition coefficient (Wildman–Crippen LogP) is 2.62. The van der Waals surface area contributed by atoms with Crippen molar-refractivity contribution in [3.63, 3.8) is 0 Å². The van der Waals surface area contributed by atoms with Gasteiger partial charge in [0.2, 0.25) is 11.8 Å². The van der Waals surface area contributed by atoms with E-state index >= 15 is 0 Å². The van der Waals surface area contributed by atoms with Gasteiger partial charge in [-0.25, -0.2) is 5.01 Å². The van der Waals surface area contributed by atoms with Gasteiger partial charge in [-0.05, 0) is 24.6 Å². The van der Waals surface area contributed by atoms with Gasteiger partial charge in [0.15, 0.2) is 5.17 Å². The topological polar surface area (TPSA) is 61.8 Å². The fourth-order valence-corrected chi connectivity index (χ4v) is 3.42. The van der Waals surface area contributed by atoms with Crippen molar-refractivity contribution in [2.75, 3.05) is 0 Å². The smallest absolute Gasteiger partial charge is 0.241 e. The Balaban J connectivity index is 2.37. The Hall–Kier alpha value is -1.34. The Morgan fingerprint density at radius 3 is 2.40 bits per heavy atom. The van der Waals surface area contributed by atoms with Crippen LogP contribution in [0.4, 0.5) is 0 Å². The Bertz CT molecular complexity index is 588. The highest BCUT2D eigenvalue weighted by molar-refractivity contribution is 9.10. The van der Waals surface area contributed by atoms with Gasteiger partial charge in [-0.1, -0.05) is 39.8 Å². The molecule has 2 amide bonds. The molecule has 1 atom stereocenters. The molecule has 0 saturated carbocycles. The van der Waals surface area contributed by atoms with Crippen LogP contribution < -0.4 is 5.32 Å². The Morgan fingerprint density at radius 1 is 1.30 bits per heavy atom. The number of nitrogens with zero attached hydrogens (tertiary/aromatic N) is 2. The van der Waals surface area contributed by atoms with Gasteiger partial charge in [0.1, 0.15) is 4.87 Å². The number of carbonyl (C=O) groups is 2. The minimum atomic E-state index is -0.662. The predicted molar refractivity (Wildman–Crippen MR) is 82.9 cm³/mol. The molecule has 0 fully saturated rings. The zero-order valence-electron chi connectivity index (χ0n) is 11.3. The first kappa shape index (κ1) is 15.1. The number of benzene rings is 1. The molecule has 0 unspecified atom stereocenters. The minimum absolute atomic E-state index is 0.178. The molecule has 20 heavy (non-hydrogen) atoms. The van der Waals surface area contributed by atoms with Crippen LogP contribution in [0.5, 0.6) is 0 Å². The lowest BCUT2D eigenvalue weighted by Gasteiger charge is -2.31. The van der Waals surface area contributed by atoms with Crippen LogP contribution in [0.2, 0.25) is 0 Å². The molecule has 0 bridgehead atoms. The summed E-state index contributed by atoms with van der Waals surface area (Å²) in [6.07, 6.45) is 0. The molecule has 1 aliphatic rings. The fourth-order valence-electron chi connectivity index (χ4n) is 1.95. The lowest BCUT2D eigenvalue weighted by atomic mass is 10.1. The van der Waals surface area contributed by atoms with Crippen LogP contribution >= 0.6 is 27.7 Å². The van der Waals surface area contributed by atoms with E-state index < -0.39 is 4.87 Å². The minimum Gasteiger partial charge on any atom is -0.304 e. The number of amides is 2. The number of halogens is 1. The van der Waals surface area contributed by atoms with Crippen molar-refractivity contribution in [3.05, 3.63) is 34.3 Å². The number of hydrogen-bond acceptors (Lipinski definition) is 4. The third-order valence-corrected chi connectivity index (χ3v) is 4.56. The Kier molecular flexibility index (Phi) is 4.19. The highest BCUT2D eigenvalue weighted by Gasteiger charge is 2.43. The van der Waals surface area contributed by atoms with Crippen LogP contribution in [-0.4, -0.2) is 22.0 Å². The quantitative estimate of drug-likeness (QED) is 0.842. The second-order valence-corrected chi connectivity index (χ2v) is 6.81. The summed E-state index contributed by atoms with van der Waals surface area (Å²) < 4.78 is 0.963. The molecule has 1 N–H and O–H groups in total. The first-order valence-electron chi connectivity index (χ1n) is 5.95. The van der Waals surface area contributed by atoms with E-state index in [0.29, 0.717) is 5.17 Å². The molecule has 0 spiro atoms. The van der Waals surface area contributed by atoms with Crippen molar-refractivity contribution >= 4 is 44.7 Å². The van der Waals surface area contributed by atoms with Crippen molar-refractivity contribution in [1.29, 1.82) is 0 Å². The van der Waals surface area contributed by atoms with Gasteiger partial charge in [0, 0.05) is 18.3 Å². The van der Waals surface area contributed by atoms with E-state index in [0.717, 1.165) is 10.0 Å². The van der Waals surface area contributed by atoms with Gasteiger partial charge in [-0.2, -0.15) is 0 Å². The number of hydrazone groups is 1. The van der Waals surface area contributed by atoms with Gasteiger partial charge < -0.3 is 5.32 Å². The van der Waals surface area contributed by atoms with Gasteiger partial charge in [-0.3, -0.25) is 9.59 Å². The zero-order chi connectivity index (χ0) is 14.9. The van der Waals surface area contributed by atoms with Gasteiger partial charge in [0.05, 0.1) is 0 Å². The lowest BCUT2D eigenvalue weighted by Crippen LogP contribution is -2.37. The van der Waals surface area contributed by atoms with E-state index in [1.54, 1.807) is 0 Å². The van der Waals surface area contributed by atoms with Crippen molar-refractivity contribution in [2.24, 2.45) is 5.10 Å².